The average Bonchev–Trinajstić information content (AvgIpc) is 3.73. The summed E-state index contributed by atoms with van der Waals surface area (Å²) in [6, 6.07) is 34.8. The van der Waals surface area contributed by atoms with Crippen LogP contribution in [0, 0.1) is 15.9 Å². The van der Waals surface area contributed by atoms with Crippen LogP contribution in [0.25, 0.3) is 17.1 Å². The Balaban J connectivity index is 1.05. The van der Waals surface area contributed by atoms with Gasteiger partial charge in [-0.15, -0.1) is 10.2 Å². The molecular formula is C49H58FN9O4Si. The zero-order chi connectivity index (χ0) is 44.8. The highest BCUT2D eigenvalue weighted by Gasteiger charge is 2.50. The van der Waals surface area contributed by atoms with Gasteiger partial charge >= 0.3 is 0 Å². The van der Waals surface area contributed by atoms with E-state index in [1.54, 1.807) is 31.5 Å². The number of rotatable bonds is 15. The number of piperidine rings is 1. The van der Waals surface area contributed by atoms with Gasteiger partial charge in [0, 0.05) is 88.3 Å². The number of anilines is 3. The summed E-state index contributed by atoms with van der Waals surface area (Å²) in [4.78, 5) is 24.0. The number of pyridine rings is 1. The molecule has 334 valence electrons. The molecule has 0 unspecified atom stereocenters. The second-order valence-electron chi connectivity index (χ2n) is 17.8. The number of ether oxygens (including phenoxy) is 1. The first-order chi connectivity index (χ1) is 30.9. The Morgan fingerprint density at radius 3 is 2.12 bits per heavy atom. The fraction of sp³-hybridized carbons (Fsp3) is 0.367. The van der Waals surface area contributed by atoms with Crippen molar-refractivity contribution in [3.05, 3.63) is 137 Å². The molecule has 0 bridgehead atoms. The molecule has 15 heteroatoms. The van der Waals surface area contributed by atoms with Crippen LogP contribution in [0.3, 0.4) is 0 Å². The first-order valence-electron chi connectivity index (χ1n) is 22.2. The second kappa shape index (κ2) is 19.4. The van der Waals surface area contributed by atoms with Crippen molar-refractivity contribution < 1.29 is 18.5 Å². The number of nitro benzene ring substituents is 1. The maximum Gasteiger partial charge on any atom is 0.294 e. The van der Waals surface area contributed by atoms with Gasteiger partial charge in [0.2, 0.25) is 0 Å². The summed E-state index contributed by atoms with van der Waals surface area (Å²) in [7, 11) is 0.965. The van der Waals surface area contributed by atoms with E-state index in [9.17, 15) is 14.5 Å². The summed E-state index contributed by atoms with van der Waals surface area (Å²) in [5.74, 6) is 1.78. The van der Waals surface area contributed by atoms with Gasteiger partial charge in [-0.2, -0.15) is 0 Å². The van der Waals surface area contributed by atoms with E-state index >= 15 is 0 Å². The highest BCUT2D eigenvalue weighted by molar-refractivity contribution is 6.99. The SMILES string of the molecule is COc1cc(N2CCC(N3CCN(C)CC3)CC2)c([N+](=O)[O-])cc1Nc1cc(-n2c(CCCO[Si](c3ccccc3)(c3ccccc3)C(C)(C)C)nnc2-c2ccc(F)cc2)ccn1. The van der Waals surface area contributed by atoms with Crippen LogP contribution in [0.15, 0.2) is 115 Å². The van der Waals surface area contributed by atoms with E-state index < -0.39 is 8.32 Å². The van der Waals surface area contributed by atoms with E-state index in [2.05, 4.69) is 112 Å². The standard InChI is InChI=1S/C49H58FN9O4Si/c1-49(2,3)64(40-13-8-6-9-14-40,41-15-10-7-11-16-41)63-32-12-17-47-53-54-48(36-18-20-37(50)21-19-36)58(47)39-22-25-51-46(33-39)52-42-34-44(59(60)61)43(35-45(42)62-5)57-26-23-38(24-27-57)56-30-28-55(4)29-31-56/h6-11,13-16,18-22,25,33-35,38H,12,17,23-24,26-32H2,1-5H3,(H,51,52). The number of benzene rings is 4. The Hall–Kier alpha value is -6.00. The van der Waals surface area contributed by atoms with E-state index in [0.717, 1.165) is 52.1 Å². The predicted molar refractivity (Wildman–Crippen MR) is 254 cm³/mol. The lowest BCUT2D eigenvalue weighted by atomic mass is 10.0. The number of aromatic nitrogens is 4. The molecule has 8 rings (SSSR count). The Kier molecular flexibility index (Phi) is 13.5. The minimum atomic E-state index is -2.76. The highest BCUT2D eigenvalue weighted by atomic mass is 28.4. The normalized spacial score (nSPS) is 15.6. The summed E-state index contributed by atoms with van der Waals surface area (Å²) in [5, 5.41) is 27.5. The van der Waals surface area contributed by atoms with Crippen molar-refractivity contribution in [3.8, 4) is 22.8 Å². The molecule has 64 heavy (non-hydrogen) atoms. The average molecular weight is 884 g/mol. The van der Waals surface area contributed by atoms with Crippen LogP contribution in [-0.4, -0.2) is 109 Å². The Bertz CT molecular complexity index is 2460. The van der Waals surface area contributed by atoms with Crippen molar-refractivity contribution >= 4 is 41.6 Å². The smallest absolute Gasteiger partial charge is 0.294 e. The minimum absolute atomic E-state index is 0.00233. The van der Waals surface area contributed by atoms with Gasteiger partial charge in [0.25, 0.3) is 14.0 Å². The Labute approximate surface area is 376 Å². The van der Waals surface area contributed by atoms with Crippen molar-refractivity contribution in [1.82, 2.24) is 29.5 Å². The van der Waals surface area contributed by atoms with Crippen molar-refractivity contribution in [1.29, 1.82) is 0 Å². The number of hydrogen-bond acceptors (Lipinski definition) is 11. The van der Waals surface area contributed by atoms with Gasteiger partial charge in [-0.25, -0.2) is 9.37 Å². The molecule has 0 amide bonds. The van der Waals surface area contributed by atoms with Gasteiger partial charge in [0.1, 0.15) is 28.9 Å². The van der Waals surface area contributed by atoms with Gasteiger partial charge in [-0.1, -0.05) is 81.4 Å². The van der Waals surface area contributed by atoms with Crippen LogP contribution < -0.4 is 25.3 Å². The summed E-state index contributed by atoms with van der Waals surface area (Å²) >= 11 is 0. The number of aryl methyl sites for hydroxylation is 1. The maximum absolute atomic E-state index is 14.2. The molecule has 0 spiro atoms. The molecule has 4 aromatic carbocycles. The molecule has 0 saturated carbocycles. The Morgan fingerprint density at radius 1 is 0.859 bits per heavy atom. The largest absolute Gasteiger partial charge is 0.494 e. The third kappa shape index (κ3) is 9.43. The first kappa shape index (κ1) is 44.6. The molecule has 1 N–H and O–H groups in total. The molecule has 2 aliphatic heterocycles. The van der Waals surface area contributed by atoms with E-state index in [4.69, 9.17) is 9.16 Å². The molecular weight excluding hydrogens is 826 g/mol. The molecule has 2 aliphatic rings. The van der Waals surface area contributed by atoms with Gasteiger partial charge < -0.3 is 24.3 Å². The van der Waals surface area contributed by atoms with E-state index in [0.29, 0.717) is 71.3 Å². The number of halogens is 1. The van der Waals surface area contributed by atoms with Crippen molar-refractivity contribution in [2.45, 2.75) is 57.5 Å². The van der Waals surface area contributed by atoms with Gasteiger partial charge in [-0.3, -0.25) is 19.6 Å². The molecule has 0 aliphatic carbocycles. The van der Waals surface area contributed by atoms with E-state index in [1.165, 1.54) is 28.6 Å². The lowest BCUT2D eigenvalue weighted by molar-refractivity contribution is -0.384. The van der Waals surface area contributed by atoms with Gasteiger partial charge in [0.05, 0.1) is 23.4 Å². The van der Waals surface area contributed by atoms with Gasteiger partial charge in [-0.05, 0) is 72.1 Å². The maximum atomic E-state index is 14.2. The Morgan fingerprint density at radius 2 is 1.52 bits per heavy atom. The van der Waals surface area contributed by atoms with Crippen LogP contribution in [-0.2, 0) is 10.8 Å². The molecule has 6 aromatic rings. The first-order valence-corrected chi connectivity index (χ1v) is 24.1. The highest BCUT2D eigenvalue weighted by Crippen LogP contribution is 2.41. The summed E-state index contributed by atoms with van der Waals surface area (Å²) < 4.78 is 29.2. The van der Waals surface area contributed by atoms with Gasteiger partial charge in [0.15, 0.2) is 5.82 Å². The molecule has 2 fully saturated rings. The second-order valence-corrected chi connectivity index (χ2v) is 22.1. The predicted octanol–water partition coefficient (Wildman–Crippen LogP) is 7.85. The molecule has 2 saturated heterocycles. The van der Waals surface area contributed by atoms with E-state index in [1.807, 2.05) is 28.8 Å². The quantitative estimate of drug-likeness (QED) is 0.0469. The molecule has 13 nitrogen and oxygen atoms in total. The fourth-order valence-electron chi connectivity index (χ4n) is 9.40. The summed E-state index contributed by atoms with van der Waals surface area (Å²) in [5.41, 5.74) is 2.35. The number of methoxy groups -OCH3 is 1. The monoisotopic (exact) mass is 883 g/mol. The van der Waals surface area contributed by atoms with Crippen molar-refractivity contribution in [2.24, 2.45) is 0 Å². The van der Waals surface area contributed by atoms with Crippen LogP contribution in [0.2, 0.25) is 5.04 Å². The van der Waals surface area contributed by atoms with Crippen LogP contribution >= 0.6 is 0 Å². The summed E-state index contributed by atoms with van der Waals surface area (Å²) in [6.45, 7) is 12.9. The zero-order valence-corrected chi connectivity index (χ0v) is 38.4. The van der Waals surface area contributed by atoms with Crippen LogP contribution in [0.1, 0.15) is 45.9 Å². The zero-order valence-electron chi connectivity index (χ0n) is 37.4. The van der Waals surface area contributed by atoms with E-state index in [-0.39, 0.29) is 21.5 Å². The lowest BCUT2D eigenvalue weighted by Crippen LogP contribution is -2.66. The number of nitrogens with one attached hydrogen (secondary N) is 1. The molecule has 4 heterocycles. The summed E-state index contributed by atoms with van der Waals surface area (Å²) in [6.07, 6.45) is 4.74. The van der Waals surface area contributed by atoms with Crippen molar-refractivity contribution in [2.75, 3.05) is 70.2 Å². The lowest BCUT2D eigenvalue weighted by Gasteiger charge is -2.43. The molecule has 0 radical (unpaired) electrons. The number of hydrogen-bond donors (Lipinski definition) is 1. The molecule has 2 aromatic heterocycles. The topological polar surface area (TPSA) is 127 Å². The third-order valence-electron chi connectivity index (χ3n) is 12.7. The number of likely N-dealkylation sites (N-methyl/N-ethyl adjacent to an activating group) is 1. The third-order valence-corrected chi connectivity index (χ3v) is 17.8. The van der Waals surface area contributed by atoms with Crippen LogP contribution in [0.5, 0.6) is 5.75 Å². The number of piperazine rings is 1. The van der Waals surface area contributed by atoms with Crippen LogP contribution in [0.4, 0.5) is 27.3 Å². The van der Waals surface area contributed by atoms with Crippen molar-refractivity contribution in [3.63, 3.8) is 0 Å². The molecule has 0 atom stereocenters. The minimum Gasteiger partial charge on any atom is -0.494 e. The number of nitrogens with zero attached hydrogens (tertiary/aromatic N) is 8. The number of nitro groups is 1. The fourth-order valence-corrected chi connectivity index (χ4v) is 14.0.